The highest BCUT2D eigenvalue weighted by molar-refractivity contribution is 8.15. The number of carbonyl (C=O) groups excluding carboxylic acids is 2. The van der Waals surface area contributed by atoms with Crippen LogP contribution >= 0.6 is 11.8 Å². The summed E-state index contributed by atoms with van der Waals surface area (Å²) in [6.07, 6.45) is 4.30. The van der Waals surface area contributed by atoms with Gasteiger partial charge in [0.1, 0.15) is 11.0 Å². The Morgan fingerprint density at radius 2 is 1.91 bits per heavy atom. The van der Waals surface area contributed by atoms with Gasteiger partial charge in [-0.05, 0) is 56.0 Å². The van der Waals surface area contributed by atoms with Gasteiger partial charge in [-0.3, -0.25) is 14.5 Å². The van der Waals surface area contributed by atoms with E-state index in [1.54, 1.807) is 19.2 Å². The average molecular weight is 452 g/mol. The minimum absolute atomic E-state index is 0.0128. The highest BCUT2D eigenvalue weighted by atomic mass is 32.2. The Morgan fingerprint density at radius 1 is 1.16 bits per heavy atom. The van der Waals surface area contributed by atoms with Crippen molar-refractivity contribution in [2.75, 3.05) is 12.4 Å². The number of anilines is 1. The number of nitrogens with zero attached hydrogens (tertiary/aromatic N) is 2. The van der Waals surface area contributed by atoms with Gasteiger partial charge >= 0.3 is 0 Å². The quantitative estimate of drug-likeness (QED) is 0.654. The maximum Gasteiger partial charge on any atom is 0.242 e. The number of amides is 2. The first-order chi connectivity index (χ1) is 15.5. The molecule has 2 aromatic carbocycles. The Hall–Kier alpha value is -2.80. The molecule has 1 N–H and O–H groups in total. The number of aryl methyl sites for hydroxylation is 1. The van der Waals surface area contributed by atoms with Crippen molar-refractivity contribution in [3.05, 3.63) is 53.6 Å². The molecule has 0 aromatic heterocycles. The lowest BCUT2D eigenvalue weighted by molar-refractivity contribution is -0.129. The van der Waals surface area contributed by atoms with Crippen LogP contribution in [0.1, 0.15) is 43.2 Å². The Bertz CT molecular complexity index is 1050. The van der Waals surface area contributed by atoms with E-state index < -0.39 is 5.25 Å². The van der Waals surface area contributed by atoms with Gasteiger partial charge in [0.15, 0.2) is 5.17 Å². The van der Waals surface area contributed by atoms with Crippen LogP contribution in [-0.2, 0) is 9.59 Å². The topological polar surface area (TPSA) is 71.0 Å². The minimum atomic E-state index is -0.478. The van der Waals surface area contributed by atoms with E-state index in [1.807, 2.05) is 36.1 Å². The molecule has 1 saturated heterocycles. The summed E-state index contributed by atoms with van der Waals surface area (Å²) in [5.74, 6) is 0.372. The van der Waals surface area contributed by atoms with Crippen molar-refractivity contribution in [1.82, 2.24) is 4.90 Å². The van der Waals surface area contributed by atoms with Crippen molar-refractivity contribution >= 4 is 40.1 Å². The number of hydrogen-bond donors (Lipinski definition) is 1. The second kappa shape index (κ2) is 9.77. The monoisotopic (exact) mass is 451 g/mol. The third kappa shape index (κ3) is 4.67. The predicted molar refractivity (Wildman–Crippen MR) is 130 cm³/mol. The number of benzene rings is 2. The van der Waals surface area contributed by atoms with Crippen molar-refractivity contribution in [1.29, 1.82) is 0 Å². The van der Waals surface area contributed by atoms with E-state index in [1.165, 1.54) is 17.3 Å². The van der Waals surface area contributed by atoms with Crippen molar-refractivity contribution in [2.45, 2.75) is 57.2 Å². The lowest BCUT2D eigenvalue weighted by atomic mass is 10.1. The molecule has 7 heteroatoms. The molecular weight excluding hydrogens is 422 g/mol. The lowest BCUT2D eigenvalue weighted by Gasteiger charge is -2.24. The Morgan fingerprint density at radius 3 is 2.66 bits per heavy atom. The first-order valence-electron chi connectivity index (χ1n) is 11.1. The largest absolute Gasteiger partial charge is 0.495 e. The van der Waals surface area contributed by atoms with Crippen LogP contribution in [0.2, 0.25) is 0 Å². The molecule has 1 unspecified atom stereocenters. The summed E-state index contributed by atoms with van der Waals surface area (Å²) >= 11 is 1.41. The van der Waals surface area contributed by atoms with Crippen molar-refractivity contribution in [3.63, 3.8) is 0 Å². The molecule has 4 rings (SSSR count). The number of amidine groups is 1. The Kier molecular flexibility index (Phi) is 6.84. The van der Waals surface area contributed by atoms with Crippen LogP contribution < -0.4 is 10.1 Å². The standard InChI is InChI=1S/C25H29N3O3S/c1-16-9-8-13-19(17(16)2)27-25-28(18-10-4-5-11-18)24(30)22(32-25)15-23(29)26-20-12-6-7-14-21(20)31-3/h6-9,12-14,18,22H,4-5,10-11,15H2,1-3H3,(H,26,29). The minimum Gasteiger partial charge on any atom is -0.495 e. The summed E-state index contributed by atoms with van der Waals surface area (Å²) in [5, 5.41) is 3.12. The van der Waals surface area contributed by atoms with Gasteiger partial charge in [-0.2, -0.15) is 0 Å². The first-order valence-corrected chi connectivity index (χ1v) is 11.9. The summed E-state index contributed by atoms with van der Waals surface area (Å²) in [6, 6.07) is 13.5. The molecule has 1 aliphatic heterocycles. The number of thioether (sulfide) groups is 1. The van der Waals surface area contributed by atoms with Crippen LogP contribution in [0.3, 0.4) is 0 Å². The number of carbonyl (C=O) groups is 2. The van der Waals surface area contributed by atoms with Gasteiger partial charge in [0, 0.05) is 12.5 Å². The zero-order valence-corrected chi connectivity index (χ0v) is 19.6. The van der Waals surface area contributed by atoms with E-state index in [2.05, 4.69) is 18.3 Å². The molecule has 1 atom stereocenters. The highest BCUT2D eigenvalue weighted by Gasteiger charge is 2.43. The highest BCUT2D eigenvalue weighted by Crippen LogP contribution is 2.38. The summed E-state index contributed by atoms with van der Waals surface area (Å²) in [5.41, 5.74) is 3.76. The van der Waals surface area contributed by atoms with Crippen molar-refractivity contribution < 1.29 is 14.3 Å². The fourth-order valence-corrected chi connectivity index (χ4v) is 5.48. The van der Waals surface area contributed by atoms with Gasteiger partial charge in [-0.25, -0.2) is 4.99 Å². The fourth-order valence-electron chi connectivity index (χ4n) is 4.27. The smallest absolute Gasteiger partial charge is 0.242 e. The number of para-hydroxylation sites is 2. The van der Waals surface area contributed by atoms with Gasteiger partial charge in [0.05, 0.1) is 18.5 Å². The number of rotatable bonds is 6. The summed E-state index contributed by atoms with van der Waals surface area (Å²) in [6.45, 7) is 4.11. The first kappa shape index (κ1) is 22.4. The molecule has 1 saturated carbocycles. The van der Waals surface area contributed by atoms with Crippen LogP contribution in [0.4, 0.5) is 11.4 Å². The molecule has 168 valence electrons. The number of ether oxygens (including phenoxy) is 1. The molecule has 2 aromatic rings. The third-order valence-corrected chi connectivity index (χ3v) is 7.35. The average Bonchev–Trinajstić information content (AvgIpc) is 3.40. The van der Waals surface area contributed by atoms with Gasteiger partial charge in [0.25, 0.3) is 0 Å². The van der Waals surface area contributed by atoms with Crippen molar-refractivity contribution in [2.24, 2.45) is 4.99 Å². The van der Waals surface area contributed by atoms with E-state index in [0.717, 1.165) is 36.9 Å². The zero-order valence-electron chi connectivity index (χ0n) is 18.8. The predicted octanol–water partition coefficient (Wildman–Crippen LogP) is 5.21. The van der Waals surface area contributed by atoms with Gasteiger partial charge < -0.3 is 10.1 Å². The number of aliphatic imine (C=N–C) groups is 1. The molecule has 2 fully saturated rings. The van der Waals surface area contributed by atoms with E-state index in [0.29, 0.717) is 16.6 Å². The third-order valence-electron chi connectivity index (χ3n) is 6.20. The molecule has 32 heavy (non-hydrogen) atoms. The molecule has 6 nitrogen and oxygen atoms in total. The Balaban J connectivity index is 1.56. The van der Waals surface area contributed by atoms with Crippen molar-refractivity contribution in [3.8, 4) is 5.75 Å². The molecule has 2 amide bonds. The molecule has 1 aliphatic carbocycles. The van der Waals surface area contributed by atoms with E-state index in [-0.39, 0.29) is 24.3 Å². The summed E-state index contributed by atoms with van der Waals surface area (Å²) < 4.78 is 5.31. The maximum atomic E-state index is 13.4. The normalized spacial score (nSPS) is 20.2. The van der Waals surface area contributed by atoms with Gasteiger partial charge in [-0.15, -0.1) is 0 Å². The molecule has 0 spiro atoms. The number of hydrogen-bond acceptors (Lipinski definition) is 5. The van der Waals surface area contributed by atoms with Crippen LogP contribution in [-0.4, -0.2) is 40.3 Å². The molecule has 0 bridgehead atoms. The van der Waals surface area contributed by atoms with E-state index in [9.17, 15) is 9.59 Å². The molecule has 0 radical (unpaired) electrons. The molecule has 2 aliphatic rings. The SMILES string of the molecule is COc1ccccc1NC(=O)CC1SC(=Nc2cccc(C)c2C)N(C2CCCC2)C1=O. The number of methoxy groups -OCH3 is 1. The molecule has 1 heterocycles. The van der Waals surface area contributed by atoms with E-state index in [4.69, 9.17) is 9.73 Å². The second-order valence-electron chi connectivity index (χ2n) is 8.32. The number of nitrogens with one attached hydrogen (secondary N) is 1. The van der Waals surface area contributed by atoms with Gasteiger partial charge in [-0.1, -0.05) is 48.9 Å². The lowest BCUT2D eigenvalue weighted by Crippen LogP contribution is -2.40. The van der Waals surface area contributed by atoms with Gasteiger partial charge in [0.2, 0.25) is 11.8 Å². The van der Waals surface area contributed by atoms with Crippen LogP contribution in [0.5, 0.6) is 5.75 Å². The van der Waals surface area contributed by atoms with Crippen LogP contribution in [0.25, 0.3) is 0 Å². The second-order valence-corrected chi connectivity index (χ2v) is 9.49. The van der Waals surface area contributed by atoms with Crippen LogP contribution in [0, 0.1) is 13.8 Å². The van der Waals surface area contributed by atoms with Crippen LogP contribution in [0.15, 0.2) is 47.5 Å². The fraction of sp³-hybridized carbons (Fsp3) is 0.400. The summed E-state index contributed by atoms with van der Waals surface area (Å²) in [7, 11) is 1.57. The Labute approximate surface area is 193 Å². The van der Waals surface area contributed by atoms with E-state index >= 15 is 0 Å². The summed E-state index contributed by atoms with van der Waals surface area (Å²) in [4.78, 5) is 32.9. The molecular formula is C25H29N3O3S. The zero-order chi connectivity index (χ0) is 22.7. The maximum absolute atomic E-state index is 13.4.